The Balaban J connectivity index is 1.49. The number of benzene rings is 2. The number of hydrogen-bond donors (Lipinski definition) is 1. The number of aromatic nitrogens is 2. The fourth-order valence-electron chi connectivity index (χ4n) is 2.00. The average molecular weight is 394 g/mol. The van der Waals surface area contributed by atoms with Crippen molar-refractivity contribution in [1.29, 1.82) is 0 Å². The van der Waals surface area contributed by atoms with Crippen molar-refractivity contribution in [1.82, 2.24) is 10.2 Å². The summed E-state index contributed by atoms with van der Waals surface area (Å²) in [5, 5.41) is 12.4. The summed E-state index contributed by atoms with van der Waals surface area (Å²) in [6.45, 7) is 0. The Morgan fingerprint density at radius 2 is 1.88 bits per heavy atom. The van der Waals surface area contributed by atoms with E-state index in [1.54, 1.807) is 36.4 Å². The molecule has 0 atom stereocenters. The molecule has 0 unspecified atom stereocenters. The number of nitrogens with zero attached hydrogens (tertiary/aromatic N) is 2. The van der Waals surface area contributed by atoms with Gasteiger partial charge in [-0.25, -0.2) is 0 Å². The molecule has 5 nitrogen and oxygen atoms in total. The van der Waals surface area contributed by atoms with Crippen LogP contribution in [-0.4, -0.2) is 21.9 Å². The second-order valence-corrected chi connectivity index (χ2v) is 6.96. The van der Waals surface area contributed by atoms with Gasteiger partial charge in [0.1, 0.15) is 0 Å². The SMILES string of the molecule is O=C(CCSc1nnc(-c2ccc(Cl)cc2)o1)Nc1cccc(Cl)c1. The molecule has 0 saturated carbocycles. The monoisotopic (exact) mass is 393 g/mol. The van der Waals surface area contributed by atoms with Gasteiger partial charge in [0.25, 0.3) is 5.22 Å². The van der Waals surface area contributed by atoms with Crippen molar-refractivity contribution in [2.45, 2.75) is 11.6 Å². The van der Waals surface area contributed by atoms with Crippen molar-refractivity contribution >= 4 is 46.6 Å². The number of carbonyl (C=O) groups is 1. The Hall–Kier alpha value is -2.02. The smallest absolute Gasteiger partial charge is 0.276 e. The molecule has 1 heterocycles. The Bertz CT molecular complexity index is 868. The third kappa shape index (κ3) is 5.22. The second-order valence-electron chi connectivity index (χ2n) is 5.04. The molecule has 0 aliphatic carbocycles. The topological polar surface area (TPSA) is 68.0 Å². The molecule has 0 fully saturated rings. The molecule has 1 amide bonds. The molecule has 0 spiro atoms. The van der Waals surface area contributed by atoms with E-state index < -0.39 is 0 Å². The van der Waals surface area contributed by atoms with Crippen molar-refractivity contribution in [2.75, 3.05) is 11.1 Å². The summed E-state index contributed by atoms with van der Waals surface area (Å²) in [4.78, 5) is 11.9. The first-order valence-corrected chi connectivity index (χ1v) is 9.12. The van der Waals surface area contributed by atoms with E-state index in [1.807, 2.05) is 12.1 Å². The van der Waals surface area contributed by atoms with Crippen LogP contribution in [0.15, 0.2) is 58.2 Å². The first-order valence-electron chi connectivity index (χ1n) is 7.38. The Labute approximate surface area is 158 Å². The van der Waals surface area contributed by atoms with Crippen molar-refractivity contribution < 1.29 is 9.21 Å². The van der Waals surface area contributed by atoms with Gasteiger partial charge in [0.05, 0.1) is 0 Å². The van der Waals surface area contributed by atoms with Crippen LogP contribution in [-0.2, 0) is 4.79 Å². The average Bonchev–Trinajstić information content (AvgIpc) is 3.04. The standard InChI is InChI=1S/C17H13Cl2N3O2S/c18-12-6-4-11(5-7-12)16-21-22-17(24-16)25-9-8-15(23)20-14-3-1-2-13(19)10-14/h1-7,10H,8-9H2,(H,20,23). The zero-order chi connectivity index (χ0) is 17.6. The highest BCUT2D eigenvalue weighted by Crippen LogP contribution is 2.24. The minimum atomic E-state index is -0.104. The predicted octanol–water partition coefficient (Wildman–Crippen LogP) is 5.16. The minimum Gasteiger partial charge on any atom is -0.411 e. The molecule has 25 heavy (non-hydrogen) atoms. The van der Waals surface area contributed by atoms with Gasteiger partial charge in [-0.15, -0.1) is 10.2 Å². The van der Waals surface area contributed by atoms with Crippen LogP contribution in [0.1, 0.15) is 6.42 Å². The van der Waals surface area contributed by atoms with Crippen LogP contribution >= 0.6 is 35.0 Å². The van der Waals surface area contributed by atoms with Gasteiger partial charge in [-0.1, -0.05) is 41.0 Å². The van der Waals surface area contributed by atoms with E-state index >= 15 is 0 Å². The van der Waals surface area contributed by atoms with Crippen LogP contribution in [0.2, 0.25) is 10.0 Å². The molecule has 0 bridgehead atoms. The summed E-state index contributed by atoms with van der Waals surface area (Å²) in [6.07, 6.45) is 0.315. The predicted molar refractivity (Wildman–Crippen MR) is 100 cm³/mol. The maximum absolute atomic E-state index is 11.9. The quantitative estimate of drug-likeness (QED) is 0.585. The van der Waals surface area contributed by atoms with Crippen LogP contribution in [0.4, 0.5) is 5.69 Å². The molecule has 0 aliphatic rings. The molecule has 8 heteroatoms. The number of nitrogens with one attached hydrogen (secondary N) is 1. The second kappa shape index (κ2) is 8.38. The van der Waals surface area contributed by atoms with E-state index in [4.69, 9.17) is 27.6 Å². The largest absolute Gasteiger partial charge is 0.411 e. The Morgan fingerprint density at radius 3 is 2.64 bits per heavy atom. The van der Waals surface area contributed by atoms with E-state index in [9.17, 15) is 4.79 Å². The van der Waals surface area contributed by atoms with E-state index in [-0.39, 0.29) is 5.91 Å². The maximum atomic E-state index is 11.9. The third-order valence-corrected chi connectivity index (χ3v) is 4.47. The van der Waals surface area contributed by atoms with E-state index in [0.29, 0.717) is 39.0 Å². The summed E-state index contributed by atoms with van der Waals surface area (Å²) in [7, 11) is 0. The fraction of sp³-hybridized carbons (Fsp3) is 0.118. The summed E-state index contributed by atoms with van der Waals surface area (Å²) in [6, 6.07) is 14.1. The normalized spacial score (nSPS) is 10.6. The molecule has 1 aromatic heterocycles. The molecule has 0 aliphatic heterocycles. The lowest BCUT2D eigenvalue weighted by molar-refractivity contribution is -0.115. The molecular formula is C17H13Cl2N3O2S. The Kier molecular flexibility index (Phi) is 5.96. The highest BCUT2D eigenvalue weighted by molar-refractivity contribution is 7.99. The highest BCUT2D eigenvalue weighted by atomic mass is 35.5. The summed E-state index contributed by atoms with van der Waals surface area (Å²) in [5.74, 6) is 0.837. The number of anilines is 1. The summed E-state index contributed by atoms with van der Waals surface area (Å²) >= 11 is 13.1. The lowest BCUT2D eigenvalue weighted by Gasteiger charge is -2.04. The number of carbonyl (C=O) groups excluding carboxylic acids is 1. The van der Waals surface area contributed by atoms with Gasteiger partial charge >= 0.3 is 0 Å². The van der Waals surface area contributed by atoms with Crippen molar-refractivity contribution in [3.63, 3.8) is 0 Å². The van der Waals surface area contributed by atoms with Crippen LogP contribution in [0.25, 0.3) is 11.5 Å². The number of amides is 1. The lowest BCUT2D eigenvalue weighted by Crippen LogP contribution is -2.12. The first kappa shape index (κ1) is 17.8. The van der Waals surface area contributed by atoms with E-state index in [2.05, 4.69) is 15.5 Å². The lowest BCUT2D eigenvalue weighted by atomic mass is 10.2. The van der Waals surface area contributed by atoms with Gasteiger partial charge < -0.3 is 9.73 Å². The molecule has 128 valence electrons. The van der Waals surface area contributed by atoms with Crippen molar-refractivity contribution in [2.24, 2.45) is 0 Å². The zero-order valence-corrected chi connectivity index (χ0v) is 15.2. The molecule has 1 N–H and O–H groups in total. The van der Waals surface area contributed by atoms with Gasteiger partial charge in [-0.05, 0) is 42.5 Å². The van der Waals surface area contributed by atoms with Crippen LogP contribution in [0, 0.1) is 0 Å². The first-order chi connectivity index (χ1) is 12.1. The summed E-state index contributed by atoms with van der Waals surface area (Å²) < 4.78 is 5.57. The van der Waals surface area contributed by atoms with Crippen molar-refractivity contribution in [3.05, 3.63) is 58.6 Å². The molecule has 2 aromatic carbocycles. The van der Waals surface area contributed by atoms with Gasteiger partial charge in [-0.3, -0.25) is 4.79 Å². The third-order valence-electron chi connectivity index (χ3n) is 3.16. The maximum Gasteiger partial charge on any atom is 0.276 e. The van der Waals surface area contributed by atoms with E-state index in [0.717, 1.165) is 5.56 Å². The number of thioether (sulfide) groups is 1. The van der Waals surface area contributed by atoms with Crippen LogP contribution < -0.4 is 5.32 Å². The molecule has 3 aromatic rings. The fourth-order valence-corrected chi connectivity index (χ4v) is 3.01. The van der Waals surface area contributed by atoms with Gasteiger partial charge in [0, 0.05) is 33.5 Å². The minimum absolute atomic E-state index is 0.104. The highest BCUT2D eigenvalue weighted by Gasteiger charge is 2.10. The Morgan fingerprint density at radius 1 is 1.08 bits per heavy atom. The van der Waals surface area contributed by atoms with Crippen LogP contribution in [0.3, 0.4) is 0 Å². The molecule has 3 rings (SSSR count). The van der Waals surface area contributed by atoms with Gasteiger partial charge in [0.15, 0.2) is 0 Å². The molecule has 0 radical (unpaired) electrons. The van der Waals surface area contributed by atoms with Gasteiger partial charge in [-0.2, -0.15) is 0 Å². The molecule has 0 saturated heterocycles. The van der Waals surface area contributed by atoms with Crippen LogP contribution in [0.5, 0.6) is 0 Å². The van der Waals surface area contributed by atoms with E-state index in [1.165, 1.54) is 11.8 Å². The number of rotatable bonds is 6. The number of hydrogen-bond acceptors (Lipinski definition) is 5. The number of halogens is 2. The summed E-state index contributed by atoms with van der Waals surface area (Å²) in [5.41, 5.74) is 1.47. The van der Waals surface area contributed by atoms with Gasteiger partial charge in [0.2, 0.25) is 11.8 Å². The zero-order valence-electron chi connectivity index (χ0n) is 12.9. The van der Waals surface area contributed by atoms with Crippen molar-refractivity contribution in [3.8, 4) is 11.5 Å². The molecular weight excluding hydrogens is 381 g/mol.